The number of halogens is 4. The Morgan fingerprint density at radius 1 is 1.10 bits per heavy atom. The Hall–Kier alpha value is -2.01. The van der Waals surface area contributed by atoms with Crippen molar-refractivity contribution in [3.05, 3.63) is 70.8 Å². The van der Waals surface area contributed by atoms with Gasteiger partial charge in [-0.15, -0.1) is 0 Å². The van der Waals surface area contributed by atoms with Crippen LogP contribution in [0.2, 0.25) is 5.02 Å². The van der Waals surface area contributed by atoms with Crippen molar-refractivity contribution in [3.63, 3.8) is 0 Å². The molecule has 0 radical (unpaired) electrons. The maximum absolute atomic E-state index is 12.5. The van der Waals surface area contributed by atoms with Gasteiger partial charge in [-0.1, -0.05) is 23.7 Å². The van der Waals surface area contributed by atoms with E-state index in [2.05, 4.69) is 4.98 Å². The van der Waals surface area contributed by atoms with Crippen LogP contribution in [-0.2, 0) is 12.6 Å². The van der Waals surface area contributed by atoms with E-state index in [9.17, 15) is 13.2 Å². The van der Waals surface area contributed by atoms with Crippen molar-refractivity contribution in [3.8, 4) is 0 Å². The molecule has 0 amide bonds. The lowest BCUT2D eigenvalue weighted by Gasteiger charge is -2.07. The molecule has 0 spiro atoms. The highest BCUT2D eigenvalue weighted by atomic mass is 35.5. The summed E-state index contributed by atoms with van der Waals surface area (Å²) in [6.45, 7) is 0. The average Bonchev–Trinajstić information content (AvgIpc) is 2.80. The molecule has 2 aromatic heterocycles. The molecule has 0 fully saturated rings. The molecule has 0 saturated heterocycles. The average molecular weight is 311 g/mol. The highest BCUT2D eigenvalue weighted by molar-refractivity contribution is 6.30. The SMILES string of the molecule is FC(F)(F)c1ccc(Cc2ncc3cc(Cl)ccn23)cc1. The minimum absolute atomic E-state index is 0.452. The molecule has 21 heavy (non-hydrogen) atoms. The predicted octanol–water partition coefficient (Wildman–Crippen LogP) is 4.60. The first-order valence-corrected chi connectivity index (χ1v) is 6.59. The summed E-state index contributed by atoms with van der Waals surface area (Å²) in [6, 6.07) is 8.64. The number of aromatic nitrogens is 2. The smallest absolute Gasteiger partial charge is 0.303 e. The van der Waals surface area contributed by atoms with Crippen LogP contribution in [0.4, 0.5) is 13.2 Å². The van der Waals surface area contributed by atoms with E-state index in [1.807, 2.05) is 4.40 Å². The molecule has 0 bridgehead atoms. The molecule has 1 aromatic carbocycles. The first kappa shape index (κ1) is 13.9. The predicted molar refractivity (Wildman–Crippen MR) is 74.5 cm³/mol. The number of alkyl halides is 3. The van der Waals surface area contributed by atoms with Crippen LogP contribution in [0.1, 0.15) is 17.0 Å². The van der Waals surface area contributed by atoms with Gasteiger partial charge in [-0.25, -0.2) is 4.98 Å². The van der Waals surface area contributed by atoms with Crippen LogP contribution in [0.3, 0.4) is 0 Å². The van der Waals surface area contributed by atoms with Gasteiger partial charge >= 0.3 is 6.18 Å². The zero-order valence-electron chi connectivity index (χ0n) is 10.7. The molecule has 0 saturated carbocycles. The Bertz CT molecular complexity index is 776. The lowest BCUT2D eigenvalue weighted by molar-refractivity contribution is -0.137. The summed E-state index contributed by atoms with van der Waals surface area (Å²) in [5.74, 6) is 0.751. The van der Waals surface area contributed by atoms with Gasteiger partial charge in [0.25, 0.3) is 0 Å². The second-order valence-corrected chi connectivity index (χ2v) is 5.12. The molecule has 2 nitrogen and oxygen atoms in total. The van der Waals surface area contributed by atoms with Gasteiger partial charge in [0.2, 0.25) is 0 Å². The standard InChI is InChI=1S/C15H10ClF3N2/c16-12-5-6-21-13(8-12)9-20-14(21)7-10-1-3-11(4-2-10)15(17,18)19/h1-6,8-9H,7H2. The maximum atomic E-state index is 12.5. The van der Waals surface area contributed by atoms with Gasteiger partial charge < -0.3 is 4.40 Å². The fraction of sp³-hybridized carbons (Fsp3) is 0.133. The monoisotopic (exact) mass is 310 g/mol. The third-order valence-electron chi connectivity index (χ3n) is 3.21. The first-order chi connectivity index (χ1) is 9.93. The van der Waals surface area contributed by atoms with Crippen molar-refractivity contribution in [2.75, 3.05) is 0 Å². The third-order valence-corrected chi connectivity index (χ3v) is 3.45. The highest BCUT2D eigenvalue weighted by Crippen LogP contribution is 2.29. The largest absolute Gasteiger partial charge is 0.416 e. The first-order valence-electron chi connectivity index (χ1n) is 6.21. The molecule has 0 aliphatic rings. The van der Waals surface area contributed by atoms with Crippen molar-refractivity contribution >= 4 is 17.1 Å². The van der Waals surface area contributed by atoms with Crippen molar-refractivity contribution in [1.82, 2.24) is 9.38 Å². The minimum atomic E-state index is -4.31. The number of fused-ring (bicyclic) bond motifs is 1. The molecule has 108 valence electrons. The Morgan fingerprint density at radius 3 is 2.48 bits per heavy atom. The summed E-state index contributed by atoms with van der Waals surface area (Å²) in [5, 5.41) is 0.614. The highest BCUT2D eigenvalue weighted by Gasteiger charge is 2.29. The Morgan fingerprint density at radius 2 is 1.81 bits per heavy atom. The second-order valence-electron chi connectivity index (χ2n) is 4.69. The number of benzene rings is 1. The topological polar surface area (TPSA) is 17.3 Å². The van der Waals surface area contributed by atoms with Crippen LogP contribution in [0.5, 0.6) is 0 Å². The van der Waals surface area contributed by atoms with Gasteiger partial charge in [0.1, 0.15) is 5.82 Å². The Kier molecular flexibility index (Phi) is 3.37. The number of pyridine rings is 1. The van der Waals surface area contributed by atoms with E-state index in [0.29, 0.717) is 11.4 Å². The number of nitrogens with zero attached hydrogens (tertiary/aromatic N) is 2. The molecule has 3 aromatic rings. The van der Waals surface area contributed by atoms with Crippen LogP contribution >= 0.6 is 11.6 Å². The fourth-order valence-electron chi connectivity index (χ4n) is 2.15. The lowest BCUT2D eigenvalue weighted by Crippen LogP contribution is -2.04. The van der Waals surface area contributed by atoms with E-state index < -0.39 is 11.7 Å². The fourth-order valence-corrected chi connectivity index (χ4v) is 2.32. The second kappa shape index (κ2) is 5.07. The van der Waals surface area contributed by atoms with Crippen LogP contribution in [0.25, 0.3) is 5.52 Å². The Balaban J connectivity index is 1.88. The normalized spacial score (nSPS) is 12.0. The van der Waals surface area contributed by atoms with E-state index in [0.717, 1.165) is 29.0 Å². The van der Waals surface area contributed by atoms with E-state index in [-0.39, 0.29) is 0 Å². The van der Waals surface area contributed by atoms with E-state index in [4.69, 9.17) is 11.6 Å². The van der Waals surface area contributed by atoms with Gasteiger partial charge in [-0.2, -0.15) is 13.2 Å². The van der Waals surface area contributed by atoms with Crippen molar-refractivity contribution in [1.29, 1.82) is 0 Å². The van der Waals surface area contributed by atoms with Crippen LogP contribution < -0.4 is 0 Å². The summed E-state index contributed by atoms with van der Waals surface area (Å²) in [4.78, 5) is 4.28. The lowest BCUT2D eigenvalue weighted by atomic mass is 10.1. The molecule has 2 heterocycles. The van der Waals surface area contributed by atoms with E-state index >= 15 is 0 Å². The summed E-state index contributed by atoms with van der Waals surface area (Å²) in [7, 11) is 0. The summed E-state index contributed by atoms with van der Waals surface area (Å²) >= 11 is 5.90. The summed E-state index contributed by atoms with van der Waals surface area (Å²) in [5.41, 5.74) is 0.973. The molecule has 0 unspecified atom stereocenters. The Labute approximate surface area is 123 Å². The third kappa shape index (κ3) is 2.88. The zero-order valence-corrected chi connectivity index (χ0v) is 11.5. The van der Waals surface area contributed by atoms with Gasteiger partial charge in [0.15, 0.2) is 0 Å². The molecular weight excluding hydrogens is 301 g/mol. The van der Waals surface area contributed by atoms with Crippen LogP contribution in [0.15, 0.2) is 48.8 Å². The van der Waals surface area contributed by atoms with Gasteiger partial charge in [0.05, 0.1) is 17.3 Å². The molecule has 0 aliphatic heterocycles. The van der Waals surface area contributed by atoms with E-state index in [1.165, 1.54) is 12.1 Å². The molecule has 0 atom stereocenters. The summed E-state index contributed by atoms with van der Waals surface area (Å²) in [6.07, 6.45) is -0.376. The number of hydrogen-bond donors (Lipinski definition) is 0. The number of hydrogen-bond acceptors (Lipinski definition) is 1. The zero-order chi connectivity index (χ0) is 15.0. The summed E-state index contributed by atoms with van der Waals surface area (Å²) < 4.78 is 39.4. The van der Waals surface area contributed by atoms with Crippen molar-refractivity contribution < 1.29 is 13.2 Å². The minimum Gasteiger partial charge on any atom is -0.303 e. The van der Waals surface area contributed by atoms with Crippen LogP contribution in [0, 0.1) is 0 Å². The molecule has 6 heteroatoms. The molecular formula is C15H10ClF3N2. The molecule has 0 N–H and O–H groups in total. The van der Waals surface area contributed by atoms with Gasteiger partial charge in [-0.3, -0.25) is 0 Å². The number of rotatable bonds is 2. The van der Waals surface area contributed by atoms with Crippen molar-refractivity contribution in [2.24, 2.45) is 0 Å². The van der Waals surface area contributed by atoms with Gasteiger partial charge in [-0.05, 0) is 29.8 Å². The van der Waals surface area contributed by atoms with E-state index in [1.54, 1.807) is 24.5 Å². The molecule has 0 aliphatic carbocycles. The molecule has 3 rings (SSSR count). The van der Waals surface area contributed by atoms with Crippen molar-refractivity contribution in [2.45, 2.75) is 12.6 Å². The number of imidazole rings is 1. The van der Waals surface area contributed by atoms with Crippen LogP contribution in [-0.4, -0.2) is 9.38 Å². The maximum Gasteiger partial charge on any atom is 0.416 e. The van der Waals surface area contributed by atoms with Gasteiger partial charge in [0, 0.05) is 17.6 Å². The quantitative estimate of drug-likeness (QED) is 0.676.